The summed E-state index contributed by atoms with van der Waals surface area (Å²) in [4.78, 5) is 17.5. The Bertz CT molecular complexity index is 630. The van der Waals surface area contributed by atoms with E-state index >= 15 is 0 Å². The average molecular weight is 300 g/mol. The summed E-state index contributed by atoms with van der Waals surface area (Å²) in [6.07, 6.45) is 0. The second-order valence-electron chi connectivity index (χ2n) is 5.95. The maximum atomic E-state index is 11.9. The van der Waals surface area contributed by atoms with Crippen molar-refractivity contribution in [3.8, 4) is 0 Å². The average Bonchev–Trinajstić information content (AvgIpc) is 2.40. The van der Waals surface area contributed by atoms with Gasteiger partial charge in [-0.3, -0.25) is 4.79 Å². The fourth-order valence-electron chi connectivity index (χ4n) is 1.62. The molecule has 0 aliphatic rings. The van der Waals surface area contributed by atoms with Crippen LogP contribution in [0.3, 0.4) is 0 Å². The van der Waals surface area contributed by atoms with Gasteiger partial charge in [-0.2, -0.15) is 0 Å². The molecule has 110 valence electrons. The summed E-state index contributed by atoms with van der Waals surface area (Å²) in [5, 5.41) is 3.89. The minimum absolute atomic E-state index is 0.0169. The number of hydrogen-bond donors (Lipinski definition) is 1. The van der Waals surface area contributed by atoms with Gasteiger partial charge in [0.25, 0.3) is 0 Å². The van der Waals surface area contributed by atoms with Crippen molar-refractivity contribution in [2.75, 3.05) is 5.32 Å². The Balaban J connectivity index is 2.04. The number of anilines is 1. The molecule has 0 aliphatic heterocycles. The van der Waals surface area contributed by atoms with Crippen molar-refractivity contribution in [3.63, 3.8) is 0 Å². The molecule has 0 bridgehead atoms. The summed E-state index contributed by atoms with van der Waals surface area (Å²) in [5.74, 6) is 0.0169. The minimum Gasteiger partial charge on any atom is -0.326 e. The number of nitrogens with one attached hydrogen (secondary N) is 1. The summed E-state index contributed by atoms with van der Waals surface area (Å²) >= 11 is 1.61. The van der Waals surface area contributed by atoms with E-state index in [9.17, 15) is 4.79 Å². The van der Waals surface area contributed by atoms with Gasteiger partial charge in [0.1, 0.15) is 5.03 Å². The van der Waals surface area contributed by atoms with Crippen LogP contribution in [0.2, 0.25) is 0 Å². The monoisotopic (exact) mass is 300 g/mol. The Morgan fingerprint density at radius 1 is 1.10 bits per heavy atom. The van der Waals surface area contributed by atoms with Gasteiger partial charge in [0.15, 0.2) is 0 Å². The van der Waals surface area contributed by atoms with Crippen molar-refractivity contribution in [3.05, 3.63) is 48.2 Å². The molecule has 1 heterocycles. The zero-order chi connectivity index (χ0) is 15.5. The van der Waals surface area contributed by atoms with Crippen LogP contribution in [0.25, 0.3) is 0 Å². The van der Waals surface area contributed by atoms with Crippen molar-refractivity contribution in [1.29, 1.82) is 0 Å². The van der Waals surface area contributed by atoms with Crippen molar-refractivity contribution in [2.24, 2.45) is 5.41 Å². The maximum absolute atomic E-state index is 11.9. The van der Waals surface area contributed by atoms with Crippen molar-refractivity contribution >= 4 is 23.4 Å². The predicted molar refractivity (Wildman–Crippen MR) is 87.6 cm³/mol. The molecule has 0 unspecified atom stereocenters. The Morgan fingerprint density at radius 2 is 1.76 bits per heavy atom. The van der Waals surface area contributed by atoms with E-state index in [2.05, 4.69) is 10.3 Å². The first kappa shape index (κ1) is 15.6. The lowest BCUT2D eigenvalue weighted by atomic mass is 9.95. The van der Waals surface area contributed by atoms with Gasteiger partial charge in [0, 0.05) is 21.7 Å². The molecule has 1 aromatic carbocycles. The number of pyridine rings is 1. The van der Waals surface area contributed by atoms with Crippen molar-refractivity contribution in [2.45, 2.75) is 37.6 Å². The molecule has 1 N–H and O–H groups in total. The molecule has 3 nitrogen and oxygen atoms in total. The van der Waals surface area contributed by atoms with Crippen LogP contribution in [0.15, 0.2) is 52.4 Å². The highest BCUT2D eigenvalue weighted by Crippen LogP contribution is 2.27. The summed E-state index contributed by atoms with van der Waals surface area (Å²) < 4.78 is 0. The number of hydrogen-bond acceptors (Lipinski definition) is 3. The number of aromatic nitrogens is 1. The molecular weight excluding hydrogens is 280 g/mol. The zero-order valence-electron chi connectivity index (χ0n) is 12.8. The summed E-state index contributed by atoms with van der Waals surface area (Å²) in [7, 11) is 0. The maximum Gasteiger partial charge on any atom is 0.229 e. The molecule has 0 spiro atoms. The molecule has 0 aliphatic carbocycles. The third-order valence-electron chi connectivity index (χ3n) is 2.88. The molecule has 0 atom stereocenters. The number of benzene rings is 1. The van der Waals surface area contributed by atoms with Gasteiger partial charge in [0.05, 0.1) is 0 Å². The normalized spacial score (nSPS) is 11.2. The molecule has 21 heavy (non-hydrogen) atoms. The molecule has 1 aromatic heterocycles. The highest BCUT2D eigenvalue weighted by atomic mass is 32.2. The molecule has 0 radical (unpaired) electrons. The number of rotatable bonds is 3. The summed E-state index contributed by atoms with van der Waals surface area (Å²) in [6, 6.07) is 13.8. The van der Waals surface area contributed by atoms with Crippen molar-refractivity contribution in [1.82, 2.24) is 4.98 Å². The van der Waals surface area contributed by atoms with Crippen LogP contribution in [-0.4, -0.2) is 10.9 Å². The lowest BCUT2D eigenvalue weighted by Gasteiger charge is -2.17. The van der Waals surface area contributed by atoms with E-state index in [0.29, 0.717) is 0 Å². The number of carbonyl (C=O) groups is 1. The highest BCUT2D eigenvalue weighted by Gasteiger charge is 2.20. The number of nitrogens with zero attached hydrogens (tertiary/aromatic N) is 1. The van der Waals surface area contributed by atoms with Crippen LogP contribution >= 0.6 is 11.8 Å². The fraction of sp³-hybridized carbons (Fsp3) is 0.294. The van der Waals surface area contributed by atoms with E-state index in [0.717, 1.165) is 21.3 Å². The largest absolute Gasteiger partial charge is 0.326 e. The van der Waals surface area contributed by atoms with Gasteiger partial charge in [0.2, 0.25) is 5.91 Å². The Hall–Kier alpha value is -1.81. The van der Waals surface area contributed by atoms with E-state index in [-0.39, 0.29) is 11.3 Å². The zero-order valence-corrected chi connectivity index (χ0v) is 13.6. The molecule has 4 heteroatoms. The first-order chi connectivity index (χ1) is 9.84. The number of amides is 1. The molecular formula is C17H20N2OS. The first-order valence-electron chi connectivity index (χ1n) is 6.87. The van der Waals surface area contributed by atoms with Crippen LogP contribution in [0, 0.1) is 12.3 Å². The molecule has 2 aromatic rings. The quantitative estimate of drug-likeness (QED) is 0.905. The fourth-order valence-corrected chi connectivity index (χ4v) is 2.47. The van der Waals surface area contributed by atoms with Gasteiger partial charge in [-0.05, 0) is 43.3 Å². The van der Waals surface area contributed by atoms with Crippen LogP contribution in [0.1, 0.15) is 26.5 Å². The third kappa shape index (κ3) is 4.60. The van der Waals surface area contributed by atoms with E-state index in [1.807, 2.05) is 70.2 Å². The lowest BCUT2D eigenvalue weighted by molar-refractivity contribution is -0.123. The Labute approximate surface area is 130 Å². The van der Waals surface area contributed by atoms with Crippen molar-refractivity contribution < 1.29 is 4.79 Å². The number of carbonyl (C=O) groups excluding carboxylic acids is 1. The topological polar surface area (TPSA) is 42.0 Å². The van der Waals surface area contributed by atoms with Gasteiger partial charge in [-0.1, -0.05) is 38.6 Å². The summed E-state index contributed by atoms with van der Waals surface area (Å²) in [6.45, 7) is 7.68. The molecule has 0 saturated heterocycles. The van der Waals surface area contributed by atoms with Gasteiger partial charge in [-0.15, -0.1) is 0 Å². The van der Waals surface area contributed by atoms with Crippen LogP contribution < -0.4 is 5.32 Å². The van der Waals surface area contributed by atoms with Crippen LogP contribution in [0.5, 0.6) is 0 Å². The van der Waals surface area contributed by atoms with Crippen LogP contribution in [0.4, 0.5) is 5.69 Å². The van der Waals surface area contributed by atoms with Gasteiger partial charge >= 0.3 is 0 Å². The molecule has 0 fully saturated rings. The Kier molecular flexibility index (Phi) is 4.68. The second kappa shape index (κ2) is 6.31. The molecule has 1 amide bonds. The highest BCUT2D eigenvalue weighted by molar-refractivity contribution is 7.99. The van der Waals surface area contributed by atoms with E-state index in [1.54, 1.807) is 11.8 Å². The van der Waals surface area contributed by atoms with E-state index in [4.69, 9.17) is 0 Å². The van der Waals surface area contributed by atoms with Gasteiger partial charge in [-0.25, -0.2) is 4.98 Å². The van der Waals surface area contributed by atoms with E-state index in [1.165, 1.54) is 0 Å². The predicted octanol–water partition coefficient (Wildman–Crippen LogP) is 4.53. The first-order valence-corrected chi connectivity index (χ1v) is 7.69. The molecule has 2 rings (SSSR count). The molecule has 0 saturated carbocycles. The Morgan fingerprint density at radius 3 is 2.33 bits per heavy atom. The lowest BCUT2D eigenvalue weighted by Crippen LogP contribution is -2.27. The standard InChI is InChI=1S/C17H20N2OS/c1-12-6-5-7-15(18-12)21-14-10-8-13(9-11-14)19-16(20)17(2,3)4/h5-11H,1-4H3,(H,19,20). The van der Waals surface area contributed by atoms with Gasteiger partial charge < -0.3 is 5.32 Å². The minimum atomic E-state index is -0.390. The smallest absolute Gasteiger partial charge is 0.229 e. The van der Waals surface area contributed by atoms with Crippen LogP contribution in [-0.2, 0) is 4.79 Å². The SMILES string of the molecule is Cc1cccc(Sc2ccc(NC(=O)C(C)(C)C)cc2)n1. The number of aryl methyl sites for hydroxylation is 1. The van der Waals surface area contributed by atoms with E-state index < -0.39 is 0 Å². The third-order valence-corrected chi connectivity index (χ3v) is 3.82. The summed E-state index contributed by atoms with van der Waals surface area (Å²) in [5.41, 5.74) is 1.43. The second-order valence-corrected chi connectivity index (χ2v) is 7.04.